The topological polar surface area (TPSA) is 70.6 Å². The van der Waals surface area contributed by atoms with Gasteiger partial charge in [-0.05, 0) is 29.8 Å². The molecule has 2 aromatic carbocycles. The van der Waals surface area contributed by atoms with E-state index in [4.69, 9.17) is 22.5 Å². The van der Waals surface area contributed by atoms with E-state index in [1.54, 1.807) is 24.3 Å². The number of nitrogens with one attached hydrogen (secondary N) is 1. The minimum atomic E-state index is -0.398. The van der Waals surface area contributed by atoms with Gasteiger partial charge in [0.25, 0.3) is 0 Å². The van der Waals surface area contributed by atoms with E-state index in [1.165, 1.54) is 12.1 Å². The molecule has 0 aromatic heterocycles. The summed E-state index contributed by atoms with van der Waals surface area (Å²) in [4.78, 5) is 0. The molecule has 0 aliphatic rings. The molecule has 0 heterocycles. The molecule has 20 heavy (non-hydrogen) atoms. The van der Waals surface area contributed by atoms with E-state index < -0.39 is 5.82 Å². The maximum absolute atomic E-state index is 13.2. The molecule has 0 fully saturated rings. The maximum Gasteiger partial charge on any atom is 0.170 e. The molecule has 0 saturated carbocycles. The Morgan fingerprint density at radius 3 is 2.80 bits per heavy atom. The number of hydrogen-bond acceptors (Lipinski definition) is 3. The van der Waals surface area contributed by atoms with Crippen LogP contribution < -0.4 is 11.1 Å². The molecule has 0 saturated heterocycles. The molecule has 0 unspecified atom stereocenters. The third-order valence-electron chi connectivity index (χ3n) is 2.69. The zero-order valence-corrected chi connectivity index (χ0v) is 11.2. The number of oxime groups is 1. The van der Waals surface area contributed by atoms with Crippen molar-refractivity contribution in [3.63, 3.8) is 0 Å². The highest BCUT2D eigenvalue weighted by Gasteiger charge is 2.02. The summed E-state index contributed by atoms with van der Waals surface area (Å²) < 4.78 is 13.2. The van der Waals surface area contributed by atoms with Gasteiger partial charge in [0.2, 0.25) is 0 Å². The van der Waals surface area contributed by atoms with Crippen LogP contribution in [0.4, 0.5) is 10.1 Å². The van der Waals surface area contributed by atoms with Crippen LogP contribution in [-0.4, -0.2) is 11.0 Å². The Hall–Kier alpha value is -2.27. The molecular formula is C14H13ClFN3O. The van der Waals surface area contributed by atoms with E-state index in [1.807, 2.05) is 6.07 Å². The Labute approximate surface area is 120 Å². The lowest BCUT2D eigenvalue weighted by Crippen LogP contribution is -2.13. The highest BCUT2D eigenvalue weighted by Crippen LogP contribution is 2.19. The monoisotopic (exact) mass is 293 g/mol. The van der Waals surface area contributed by atoms with Crippen molar-refractivity contribution in [2.75, 3.05) is 5.32 Å². The first-order valence-corrected chi connectivity index (χ1v) is 6.23. The molecule has 0 bridgehead atoms. The highest BCUT2D eigenvalue weighted by atomic mass is 35.5. The smallest absolute Gasteiger partial charge is 0.170 e. The Balaban J connectivity index is 2.11. The van der Waals surface area contributed by atoms with Crippen molar-refractivity contribution in [2.45, 2.75) is 6.54 Å². The molecule has 4 nitrogen and oxygen atoms in total. The molecule has 0 aliphatic carbocycles. The van der Waals surface area contributed by atoms with Crippen molar-refractivity contribution in [2.24, 2.45) is 10.9 Å². The van der Waals surface area contributed by atoms with Gasteiger partial charge < -0.3 is 16.3 Å². The normalized spacial score (nSPS) is 11.4. The summed E-state index contributed by atoms with van der Waals surface area (Å²) in [6.45, 7) is 0.465. The first-order valence-electron chi connectivity index (χ1n) is 5.85. The van der Waals surface area contributed by atoms with Crippen molar-refractivity contribution in [3.05, 3.63) is 64.4 Å². The number of rotatable bonds is 4. The van der Waals surface area contributed by atoms with Crippen molar-refractivity contribution in [1.29, 1.82) is 0 Å². The first kappa shape index (κ1) is 14.1. The molecule has 4 N–H and O–H groups in total. The third-order valence-corrected chi connectivity index (χ3v) is 2.91. The standard InChI is InChI=1S/C14H13ClFN3O/c15-11-5-12(16)7-13(6-11)18-8-9-2-1-3-10(4-9)14(17)19-20/h1-7,18,20H,8H2,(H2,17,19). The van der Waals surface area contributed by atoms with Gasteiger partial charge in [-0.25, -0.2) is 4.39 Å². The predicted octanol–water partition coefficient (Wildman–Crippen LogP) is 3.19. The SMILES string of the molecule is N/C(=N/O)c1cccc(CNc2cc(F)cc(Cl)c2)c1. The summed E-state index contributed by atoms with van der Waals surface area (Å²) in [6, 6.07) is 11.4. The fraction of sp³-hybridized carbons (Fsp3) is 0.0714. The van der Waals surface area contributed by atoms with E-state index in [-0.39, 0.29) is 5.84 Å². The first-order chi connectivity index (χ1) is 9.58. The predicted molar refractivity (Wildman–Crippen MR) is 77.7 cm³/mol. The molecule has 104 valence electrons. The van der Waals surface area contributed by atoms with E-state index >= 15 is 0 Å². The lowest BCUT2D eigenvalue weighted by molar-refractivity contribution is 0.318. The molecule has 0 aliphatic heterocycles. The van der Waals surface area contributed by atoms with Gasteiger partial charge >= 0.3 is 0 Å². The van der Waals surface area contributed by atoms with Crippen LogP contribution in [0.15, 0.2) is 47.6 Å². The van der Waals surface area contributed by atoms with Crippen LogP contribution in [0.3, 0.4) is 0 Å². The Bertz CT molecular complexity index is 626. The van der Waals surface area contributed by atoms with Crippen LogP contribution in [0.5, 0.6) is 0 Å². The molecule has 0 atom stereocenters. The summed E-state index contributed by atoms with van der Waals surface area (Å²) in [7, 11) is 0. The van der Waals surface area contributed by atoms with Crippen molar-refractivity contribution < 1.29 is 9.60 Å². The minimum absolute atomic E-state index is 0.0423. The minimum Gasteiger partial charge on any atom is -0.409 e. The largest absolute Gasteiger partial charge is 0.409 e. The average Bonchev–Trinajstić information content (AvgIpc) is 2.43. The number of amidine groups is 1. The lowest BCUT2D eigenvalue weighted by Gasteiger charge is -2.08. The molecular weight excluding hydrogens is 281 g/mol. The summed E-state index contributed by atoms with van der Waals surface area (Å²) >= 11 is 5.78. The Kier molecular flexibility index (Phi) is 4.42. The van der Waals surface area contributed by atoms with Gasteiger partial charge in [0.05, 0.1) is 0 Å². The number of anilines is 1. The highest BCUT2D eigenvalue weighted by molar-refractivity contribution is 6.30. The zero-order chi connectivity index (χ0) is 14.5. The van der Waals surface area contributed by atoms with E-state index in [9.17, 15) is 4.39 Å². The van der Waals surface area contributed by atoms with Crippen molar-refractivity contribution in [3.8, 4) is 0 Å². The van der Waals surface area contributed by atoms with Crippen LogP contribution in [0, 0.1) is 5.82 Å². The summed E-state index contributed by atoms with van der Waals surface area (Å²) in [5.41, 5.74) is 7.64. The second kappa shape index (κ2) is 6.25. The Morgan fingerprint density at radius 1 is 1.30 bits per heavy atom. The van der Waals surface area contributed by atoms with Gasteiger partial charge in [0.1, 0.15) is 5.82 Å². The fourth-order valence-corrected chi connectivity index (χ4v) is 1.98. The van der Waals surface area contributed by atoms with Gasteiger partial charge in [-0.2, -0.15) is 0 Å². The fourth-order valence-electron chi connectivity index (χ4n) is 1.76. The molecule has 2 rings (SSSR count). The number of benzene rings is 2. The van der Waals surface area contributed by atoms with Crippen LogP contribution in [-0.2, 0) is 6.54 Å². The van der Waals surface area contributed by atoms with Crippen molar-refractivity contribution in [1.82, 2.24) is 0 Å². The second-order valence-electron chi connectivity index (χ2n) is 4.20. The second-order valence-corrected chi connectivity index (χ2v) is 4.63. The van der Waals surface area contributed by atoms with Gasteiger partial charge in [-0.15, -0.1) is 0 Å². The molecule has 0 spiro atoms. The summed E-state index contributed by atoms with van der Waals surface area (Å²) in [5.74, 6) is -0.356. The lowest BCUT2D eigenvalue weighted by atomic mass is 10.1. The van der Waals surface area contributed by atoms with Crippen LogP contribution in [0.1, 0.15) is 11.1 Å². The molecule has 0 radical (unpaired) electrons. The van der Waals surface area contributed by atoms with E-state index in [2.05, 4.69) is 10.5 Å². The van der Waals surface area contributed by atoms with Crippen LogP contribution in [0.2, 0.25) is 5.02 Å². The van der Waals surface area contributed by atoms with Gasteiger partial charge in [0, 0.05) is 22.8 Å². The summed E-state index contributed by atoms with van der Waals surface area (Å²) in [6.07, 6.45) is 0. The van der Waals surface area contributed by atoms with E-state index in [0.29, 0.717) is 22.8 Å². The van der Waals surface area contributed by atoms with Crippen LogP contribution in [0.25, 0.3) is 0 Å². The van der Waals surface area contributed by atoms with Gasteiger partial charge in [0.15, 0.2) is 5.84 Å². The molecule has 6 heteroatoms. The van der Waals surface area contributed by atoms with Crippen LogP contribution >= 0.6 is 11.6 Å². The number of hydrogen-bond donors (Lipinski definition) is 3. The van der Waals surface area contributed by atoms with Gasteiger partial charge in [-0.3, -0.25) is 0 Å². The number of halogens is 2. The molecule has 0 amide bonds. The third kappa shape index (κ3) is 3.61. The zero-order valence-electron chi connectivity index (χ0n) is 10.5. The van der Waals surface area contributed by atoms with E-state index in [0.717, 1.165) is 5.56 Å². The Morgan fingerprint density at radius 2 is 2.10 bits per heavy atom. The number of nitrogens with zero attached hydrogens (tertiary/aromatic N) is 1. The molecule has 2 aromatic rings. The average molecular weight is 294 g/mol. The maximum atomic E-state index is 13.2. The quantitative estimate of drug-likeness (QED) is 0.351. The van der Waals surface area contributed by atoms with Crippen molar-refractivity contribution >= 4 is 23.1 Å². The number of nitrogens with two attached hydrogens (primary N) is 1. The summed E-state index contributed by atoms with van der Waals surface area (Å²) in [5, 5.41) is 15.0. The van der Waals surface area contributed by atoms with Gasteiger partial charge in [-0.1, -0.05) is 35.0 Å².